The molecule has 0 radical (unpaired) electrons. The third-order valence-corrected chi connectivity index (χ3v) is 3.98. The van der Waals surface area contributed by atoms with E-state index >= 15 is 0 Å². The molecule has 0 spiro atoms. The maximum atomic E-state index is 12.8. The second-order valence-electron chi connectivity index (χ2n) is 5.86. The number of carbonyl (C=O) groups is 2. The lowest BCUT2D eigenvalue weighted by atomic mass is 9.96. The van der Waals surface area contributed by atoms with E-state index in [-0.39, 0.29) is 22.9 Å². The van der Waals surface area contributed by atoms with Crippen LogP contribution in [0.1, 0.15) is 11.5 Å². The van der Waals surface area contributed by atoms with Crippen LogP contribution in [0, 0.1) is 0 Å². The van der Waals surface area contributed by atoms with Crippen molar-refractivity contribution in [1.29, 1.82) is 0 Å². The minimum absolute atomic E-state index is 0.0984. The predicted octanol–water partition coefficient (Wildman–Crippen LogP) is 3.46. The SMILES string of the molecule is O=C(Nc1ccccc1O)C(C(=O)Nc1ccccc1O)c1ccccc1. The Kier molecular flexibility index (Phi) is 5.37. The van der Waals surface area contributed by atoms with Crippen LogP contribution in [0.4, 0.5) is 11.4 Å². The van der Waals surface area contributed by atoms with Crippen molar-refractivity contribution in [2.45, 2.75) is 5.92 Å². The van der Waals surface area contributed by atoms with Crippen molar-refractivity contribution < 1.29 is 19.8 Å². The van der Waals surface area contributed by atoms with Gasteiger partial charge in [0.1, 0.15) is 17.4 Å². The number of carbonyl (C=O) groups excluding carboxylic acids is 2. The first-order valence-electron chi connectivity index (χ1n) is 8.29. The highest BCUT2D eigenvalue weighted by molar-refractivity contribution is 6.15. The van der Waals surface area contributed by atoms with Crippen molar-refractivity contribution in [2.75, 3.05) is 10.6 Å². The number of anilines is 2. The Hall–Kier alpha value is -3.80. The van der Waals surface area contributed by atoms with Crippen molar-refractivity contribution in [2.24, 2.45) is 0 Å². The zero-order valence-electron chi connectivity index (χ0n) is 14.3. The minimum Gasteiger partial charge on any atom is -0.506 e. The molecule has 136 valence electrons. The van der Waals surface area contributed by atoms with E-state index in [0.717, 1.165) is 0 Å². The number of nitrogens with one attached hydrogen (secondary N) is 2. The maximum absolute atomic E-state index is 12.8. The maximum Gasteiger partial charge on any atom is 0.241 e. The molecule has 4 N–H and O–H groups in total. The van der Waals surface area contributed by atoms with E-state index < -0.39 is 17.7 Å². The molecule has 6 heteroatoms. The van der Waals surface area contributed by atoms with Crippen LogP contribution in [0.15, 0.2) is 78.9 Å². The summed E-state index contributed by atoms with van der Waals surface area (Å²) in [6, 6.07) is 21.1. The number of rotatable bonds is 5. The van der Waals surface area contributed by atoms with Gasteiger partial charge >= 0.3 is 0 Å². The lowest BCUT2D eigenvalue weighted by Crippen LogP contribution is -2.32. The van der Waals surface area contributed by atoms with Gasteiger partial charge in [-0.2, -0.15) is 0 Å². The first kappa shape index (κ1) is 18.0. The monoisotopic (exact) mass is 362 g/mol. The number of phenols is 2. The van der Waals surface area contributed by atoms with Crippen molar-refractivity contribution >= 4 is 23.2 Å². The van der Waals surface area contributed by atoms with Gasteiger partial charge in [0, 0.05) is 0 Å². The fourth-order valence-corrected chi connectivity index (χ4v) is 2.64. The molecule has 0 aromatic heterocycles. The fourth-order valence-electron chi connectivity index (χ4n) is 2.64. The van der Waals surface area contributed by atoms with Gasteiger partial charge in [-0.3, -0.25) is 9.59 Å². The molecule has 3 aromatic rings. The van der Waals surface area contributed by atoms with Crippen LogP contribution in [-0.4, -0.2) is 22.0 Å². The molecular weight excluding hydrogens is 344 g/mol. The number of benzene rings is 3. The summed E-state index contributed by atoms with van der Waals surface area (Å²) in [5.41, 5.74) is 0.899. The van der Waals surface area contributed by atoms with Gasteiger partial charge in [-0.15, -0.1) is 0 Å². The number of hydrogen-bond acceptors (Lipinski definition) is 4. The molecule has 0 aliphatic heterocycles. The largest absolute Gasteiger partial charge is 0.506 e. The summed E-state index contributed by atoms with van der Waals surface area (Å²) in [6.07, 6.45) is 0. The second-order valence-corrected chi connectivity index (χ2v) is 5.86. The molecule has 0 heterocycles. The Labute approximate surface area is 156 Å². The zero-order valence-corrected chi connectivity index (χ0v) is 14.3. The average molecular weight is 362 g/mol. The molecule has 27 heavy (non-hydrogen) atoms. The Morgan fingerprint density at radius 2 is 1.04 bits per heavy atom. The van der Waals surface area contributed by atoms with Gasteiger partial charge in [-0.05, 0) is 29.8 Å². The molecule has 0 aliphatic rings. The van der Waals surface area contributed by atoms with Gasteiger partial charge in [-0.25, -0.2) is 0 Å². The third-order valence-electron chi connectivity index (χ3n) is 3.98. The highest BCUT2D eigenvalue weighted by atomic mass is 16.3. The summed E-state index contributed by atoms with van der Waals surface area (Å²) in [5, 5.41) is 24.9. The van der Waals surface area contributed by atoms with E-state index in [1.54, 1.807) is 54.6 Å². The third kappa shape index (κ3) is 4.24. The molecule has 0 saturated heterocycles. The van der Waals surface area contributed by atoms with Gasteiger partial charge in [0.05, 0.1) is 11.4 Å². The van der Waals surface area contributed by atoms with E-state index in [1.165, 1.54) is 24.3 Å². The summed E-state index contributed by atoms with van der Waals surface area (Å²) in [6.45, 7) is 0. The molecule has 6 nitrogen and oxygen atoms in total. The molecule has 3 aromatic carbocycles. The molecule has 0 saturated carbocycles. The average Bonchev–Trinajstić information content (AvgIpc) is 2.66. The molecule has 0 aliphatic carbocycles. The van der Waals surface area contributed by atoms with Crippen molar-refractivity contribution in [1.82, 2.24) is 0 Å². The normalized spacial score (nSPS) is 10.4. The number of aromatic hydroxyl groups is 2. The number of para-hydroxylation sites is 4. The lowest BCUT2D eigenvalue weighted by molar-refractivity contribution is -0.126. The summed E-state index contributed by atoms with van der Waals surface area (Å²) in [7, 11) is 0. The first-order chi connectivity index (χ1) is 13.1. The predicted molar refractivity (Wildman–Crippen MR) is 103 cm³/mol. The van der Waals surface area contributed by atoms with Gasteiger partial charge in [0.2, 0.25) is 11.8 Å². The number of phenolic OH excluding ortho intramolecular Hbond substituents is 2. The summed E-state index contributed by atoms with van der Waals surface area (Å²) < 4.78 is 0. The molecule has 2 amide bonds. The van der Waals surface area contributed by atoms with Gasteiger partial charge < -0.3 is 20.8 Å². The van der Waals surface area contributed by atoms with Crippen LogP contribution in [0.2, 0.25) is 0 Å². The Bertz CT molecular complexity index is 898. The number of hydrogen-bond donors (Lipinski definition) is 4. The zero-order chi connectivity index (χ0) is 19.2. The first-order valence-corrected chi connectivity index (χ1v) is 8.29. The topological polar surface area (TPSA) is 98.7 Å². The van der Waals surface area contributed by atoms with Gasteiger partial charge in [-0.1, -0.05) is 54.6 Å². The highest BCUT2D eigenvalue weighted by Crippen LogP contribution is 2.27. The molecular formula is C21H18N2O4. The van der Waals surface area contributed by atoms with Crippen LogP contribution in [0.3, 0.4) is 0 Å². The Morgan fingerprint density at radius 3 is 1.48 bits per heavy atom. The second kappa shape index (κ2) is 8.05. The van der Waals surface area contributed by atoms with Crippen LogP contribution in [0.25, 0.3) is 0 Å². The molecule has 0 fully saturated rings. The summed E-state index contributed by atoms with van der Waals surface area (Å²) >= 11 is 0. The highest BCUT2D eigenvalue weighted by Gasteiger charge is 2.29. The Balaban J connectivity index is 1.89. The Morgan fingerprint density at radius 1 is 0.630 bits per heavy atom. The van der Waals surface area contributed by atoms with Crippen molar-refractivity contribution in [3.8, 4) is 11.5 Å². The molecule has 0 bridgehead atoms. The minimum atomic E-state index is -1.18. The number of amides is 2. The van der Waals surface area contributed by atoms with E-state index in [9.17, 15) is 19.8 Å². The van der Waals surface area contributed by atoms with E-state index in [1.807, 2.05) is 0 Å². The van der Waals surface area contributed by atoms with Crippen LogP contribution in [0.5, 0.6) is 11.5 Å². The van der Waals surface area contributed by atoms with E-state index in [4.69, 9.17) is 0 Å². The lowest BCUT2D eigenvalue weighted by Gasteiger charge is -2.18. The van der Waals surface area contributed by atoms with E-state index in [0.29, 0.717) is 5.56 Å². The fraction of sp³-hybridized carbons (Fsp3) is 0.0476. The molecule has 0 unspecified atom stereocenters. The molecule has 3 rings (SSSR count). The van der Waals surface area contributed by atoms with Crippen LogP contribution >= 0.6 is 0 Å². The smallest absolute Gasteiger partial charge is 0.241 e. The van der Waals surface area contributed by atoms with Crippen LogP contribution < -0.4 is 10.6 Å². The van der Waals surface area contributed by atoms with Crippen molar-refractivity contribution in [3.05, 3.63) is 84.4 Å². The van der Waals surface area contributed by atoms with Gasteiger partial charge in [0.25, 0.3) is 0 Å². The summed E-state index contributed by atoms with van der Waals surface area (Å²) in [4.78, 5) is 25.7. The van der Waals surface area contributed by atoms with E-state index in [2.05, 4.69) is 10.6 Å². The standard InChI is InChI=1S/C21H18N2O4/c24-17-12-6-4-10-15(17)22-20(26)19(14-8-2-1-3-9-14)21(27)23-16-11-5-7-13-18(16)25/h1-13,19,24-25H,(H,22,26)(H,23,27). The quantitative estimate of drug-likeness (QED) is 0.413. The van der Waals surface area contributed by atoms with Gasteiger partial charge in [0.15, 0.2) is 0 Å². The molecule has 0 atom stereocenters. The summed E-state index contributed by atoms with van der Waals surface area (Å²) in [5.74, 6) is -2.57. The van der Waals surface area contributed by atoms with Crippen LogP contribution in [-0.2, 0) is 9.59 Å². The van der Waals surface area contributed by atoms with Crippen molar-refractivity contribution in [3.63, 3.8) is 0 Å².